The second-order valence-corrected chi connectivity index (χ2v) is 15.3. The van der Waals surface area contributed by atoms with E-state index in [0.717, 1.165) is 83.0 Å². The van der Waals surface area contributed by atoms with Gasteiger partial charge in [-0.25, -0.2) is 9.97 Å². The minimum atomic E-state index is -0.132. The first kappa shape index (κ1) is 32.3. The maximum Gasteiger partial charge on any atom is 0.161 e. The van der Waals surface area contributed by atoms with Crippen LogP contribution in [0.25, 0.3) is 100.0 Å². The van der Waals surface area contributed by atoms with Crippen LogP contribution in [-0.4, -0.2) is 9.97 Å². The van der Waals surface area contributed by atoms with Crippen molar-refractivity contribution in [1.29, 1.82) is 0 Å². The van der Waals surface area contributed by atoms with Gasteiger partial charge in [-0.05, 0) is 80.0 Å². The predicted octanol–water partition coefficient (Wildman–Crippen LogP) is 14.2. The molecule has 0 amide bonds. The Morgan fingerprint density at radius 3 is 1.93 bits per heavy atom. The van der Waals surface area contributed by atoms with Crippen molar-refractivity contribution in [2.45, 2.75) is 19.3 Å². The van der Waals surface area contributed by atoms with E-state index in [-0.39, 0.29) is 5.41 Å². The van der Waals surface area contributed by atoms with Gasteiger partial charge in [0.2, 0.25) is 0 Å². The van der Waals surface area contributed by atoms with E-state index < -0.39 is 0 Å². The van der Waals surface area contributed by atoms with Crippen molar-refractivity contribution in [1.82, 2.24) is 9.97 Å². The predicted molar refractivity (Wildman–Crippen MR) is 232 cm³/mol. The molecule has 0 saturated heterocycles. The third-order valence-electron chi connectivity index (χ3n) is 11.7. The second-order valence-electron chi connectivity index (χ2n) is 15.3. The minimum absolute atomic E-state index is 0.132. The Morgan fingerprint density at radius 2 is 1.02 bits per heavy atom. The number of hydrogen-bond donors (Lipinski definition) is 0. The molecule has 3 nitrogen and oxygen atoms in total. The molecule has 0 fully saturated rings. The van der Waals surface area contributed by atoms with Crippen LogP contribution in [0.4, 0.5) is 0 Å². The average Bonchev–Trinajstić information content (AvgIpc) is 3.75. The van der Waals surface area contributed by atoms with E-state index in [4.69, 9.17) is 14.4 Å². The quantitative estimate of drug-likeness (QED) is 0.178. The lowest BCUT2D eigenvalue weighted by molar-refractivity contribution is 0.660. The molecular formula is C53H36N2O. The maximum absolute atomic E-state index is 6.59. The number of para-hydroxylation sites is 2. The van der Waals surface area contributed by atoms with Gasteiger partial charge in [-0.3, -0.25) is 0 Å². The van der Waals surface area contributed by atoms with Gasteiger partial charge in [0, 0.05) is 38.4 Å². The Kier molecular flexibility index (Phi) is 7.20. The van der Waals surface area contributed by atoms with Crippen LogP contribution in [0, 0.1) is 0 Å². The summed E-state index contributed by atoms with van der Waals surface area (Å²) in [7, 11) is 0. The van der Waals surface area contributed by atoms with Crippen LogP contribution >= 0.6 is 0 Å². The summed E-state index contributed by atoms with van der Waals surface area (Å²) in [5.74, 6) is 0.698. The first-order chi connectivity index (χ1) is 27.5. The van der Waals surface area contributed by atoms with Gasteiger partial charge in [-0.15, -0.1) is 0 Å². The van der Waals surface area contributed by atoms with Crippen molar-refractivity contribution in [2.24, 2.45) is 0 Å². The largest absolute Gasteiger partial charge is 0.455 e. The first-order valence-electron chi connectivity index (χ1n) is 19.2. The minimum Gasteiger partial charge on any atom is -0.455 e. The Morgan fingerprint density at radius 1 is 0.411 bits per heavy atom. The van der Waals surface area contributed by atoms with Crippen molar-refractivity contribution in [3.8, 4) is 67.3 Å². The fourth-order valence-electron chi connectivity index (χ4n) is 8.94. The number of furan rings is 1. The number of hydrogen-bond acceptors (Lipinski definition) is 3. The van der Waals surface area contributed by atoms with Crippen LogP contribution < -0.4 is 0 Å². The van der Waals surface area contributed by atoms with Crippen molar-refractivity contribution < 1.29 is 4.42 Å². The van der Waals surface area contributed by atoms with E-state index in [1.165, 1.54) is 22.3 Å². The molecule has 2 aromatic heterocycles. The monoisotopic (exact) mass is 716 g/mol. The third-order valence-corrected chi connectivity index (χ3v) is 11.7. The highest BCUT2D eigenvalue weighted by Gasteiger charge is 2.37. The highest BCUT2D eigenvalue weighted by molar-refractivity contribution is 6.10. The molecule has 264 valence electrons. The summed E-state index contributed by atoms with van der Waals surface area (Å²) in [6.45, 7) is 4.65. The lowest BCUT2D eigenvalue weighted by atomic mass is 9.82. The van der Waals surface area contributed by atoms with Crippen LogP contribution in [-0.2, 0) is 5.41 Å². The molecule has 0 N–H and O–H groups in total. The molecule has 0 unspecified atom stereocenters. The molecule has 1 aliphatic rings. The molecule has 0 aliphatic heterocycles. The summed E-state index contributed by atoms with van der Waals surface area (Å²) >= 11 is 0. The number of aromatic nitrogens is 2. The fraction of sp³-hybridized carbons (Fsp3) is 0.0566. The molecule has 1 aliphatic carbocycles. The topological polar surface area (TPSA) is 38.9 Å². The second kappa shape index (κ2) is 12.5. The normalized spacial score (nSPS) is 13.0. The standard InChI is InChI=1S/C53H36N2O/c1-53(2)45-26-10-8-21-43(45)50-44(25-14-27-46(50)53)48-32-47(54-52(55-48)42-24-12-18-34-17-6-7-19-38(34)42)37-30-35(33-15-4-3-5-16-33)29-36(31-37)39-22-13-23-41-40-20-9-11-28-49(40)56-51(39)41/h3-32H,1-2H3. The van der Waals surface area contributed by atoms with Crippen LogP contribution in [0.15, 0.2) is 186 Å². The SMILES string of the molecule is CC1(C)c2ccccc2-c2c(-c3cc(-c4cc(-c5ccccc5)cc(-c5cccc6c5oc5ccccc56)c4)nc(-c4cccc5ccccc45)n3)cccc21. The molecular weight excluding hydrogens is 681 g/mol. The van der Waals surface area contributed by atoms with Gasteiger partial charge < -0.3 is 4.42 Å². The lowest BCUT2D eigenvalue weighted by Gasteiger charge is -2.21. The fourth-order valence-corrected chi connectivity index (χ4v) is 8.94. The van der Waals surface area contributed by atoms with Crippen LogP contribution in [0.3, 0.4) is 0 Å². The number of rotatable bonds is 5. The molecule has 0 bridgehead atoms. The van der Waals surface area contributed by atoms with Gasteiger partial charge in [0.25, 0.3) is 0 Å². The Hall–Kier alpha value is -7.10. The molecule has 10 aromatic rings. The zero-order valence-corrected chi connectivity index (χ0v) is 31.1. The van der Waals surface area contributed by atoms with Gasteiger partial charge in [0.1, 0.15) is 11.2 Å². The molecule has 8 aromatic carbocycles. The van der Waals surface area contributed by atoms with E-state index in [0.29, 0.717) is 5.82 Å². The third kappa shape index (κ3) is 5.05. The molecule has 56 heavy (non-hydrogen) atoms. The first-order valence-corrected chi connectivity index (χ1v) is 19.2. The summed E-state index contributed by atoms with van der Waals surface area (Å²) in [6, 6.07) is 64.7. The van der Waals surface area contributed by atoms with Crippen molar-refractivity contribution in [2.75, 3.05) is 0 Å². The van der Waals surface area contributed by atoms with Crippen molar-refractivity contribution >= 4 is 32.7 Å². The summed E-state index contributed by atoms with van der Waals surface area (Å²) in [5.41, 5.74) is 16.0. The Labute approximate surface area is 325 Å². The summed E-state index contributed by atoms with van der Waals surface area (Å²) in [4.78, 5) is 10.9. The van der Waals surface area contributed by atoms with Gasteiger partial charge in [-0.2, -0.15) is 0 Å². The van der Waals surface area contributed by atoms with Crippen molar-refractivity contribution in [3.05, 3.63) is 193 Å². The van der Waals surface area contributed by atoms with Gasteiger partial charge in [0.15, 0.2) is 5.82 Å². The maximum atomic E-state index is 6.59. The highest BCUT2D eigenvalue weighted by Crippen LogP contribution is 2.52. The average molecular weight is 717 g/mol. The smallest absolute Gasteiger partial charge is 0.161 e. The van der Waals surface area contributed by atoms with Crippen molar-refractivity contribution in [3.63, 3.8) is 0 Å². The zero-order chi connectivity index (χ0) is 37.4. The Bertz CT molecular complexity index is 3170. The summed E-state index contributed by atoms with van der Waals surface area (Å²) in [5, 5.41) is 4.50. The molecule has 0 radical (unpaired) electrons. The van der Waals surface area contributed by atoms with E-state index in [2.05, 4.69) is 184 Å². The molecule has 2 heterocycles. The van der Waals surface area contributed by atoms with Crippen LogP contribution in [0.5, 0.6) is 0 Å². The van der Waals surface area contributed by atoms with Gasteiger partial charge in [0.05, 0.1) is 11.4 Å². The van der Waals surface area contributed by atoms with Gasteiger partial charge >= 0.3 is 0 Å². The van der Waals surface area contributed by atoms with E-state index in [9.17, 15) is 0 Å². The Balaban J connectivity index is 1.20. The molecule has 0 atom stereocenters. The molecule has 11 rings (SSSR count). The highest BCUT2D eigenvalue weighted by atomic mass is 16.3. The number of benzene rings is 8. The van der Waals surface area contributed by atoms with Crippen LogP contribution in [0.1, 0.15) is 25.0 Å². The zero-order valence-electron chi connectivity index (χ0n) is 31.1. The van der Waals surface area contributed by atoms with E-state index >= 15 is 0 Å². The van der Waals surface area contributed by atoms with E-state index in [1.54, 1.807) is 0 Å². The number of fused-ring (bicyclic) bond motifs is 7. The molecule has 0 spiro atoms. The van der Waals surface area contributed by atoms with Crippen LogP contribution in [0.2, 0.25) is 0 Å². The number of nitrogens with zero attached hydrogens (tertiary/aromatic N) is 2. The summed E-state index contributed by atoms with van der Waals surface area (Å²) in [6.07, 6.45) is 0. The van der Waals surface area contributed by atoms with Gasteiger partial charge in [-0.1, -0.05) is 166 Å². The summed E-state index contributed by atoms with van der Waals surface area (Å²) < 4.78 is 6.59. The molecule has 0 saturated carbocycles. The molecule has 3 heteroatoms. The lowest BCUT2D eigenvalue weighted by Crippen LogP contribution is -2.14. The van der Waals surface area contributed by atoms with E-state index in [1.807, 2.05) is 12.1 Å².